The lowest BCUT2D eigenvalue weighted by Gasteiger charge is -2.39. The Morgan fingerprint density at radius 1 is 1.18 bits per heavy atom. The normalized spacial score (nSPS) is 15.1. The monoisotopic (exact) mass is 305 g/mol. The maximum absolute atomic E-state index is 11.8. The molecule has 22 heavy (non-hydrogen) atoms. The van der Waals surface area contributed by atoms with Crippen LogP contribution < -0.4 is 0 Å². The average Bonchev–Trinajstić information content (AvgIpc) is 2.39. The summed E-state index contributed by atoms with van der Waals surface area (Å²) in [4.78, 5) is 25.2. The molecular formula is C17H23NO4. The molecule has 0 saturated carbocycles. The molecule has 0 spiro atoms. The summed E-state index contributed by atoms with van der Waals surface area (Å²) in [5, 5.41) is 0. The maximum atomic E-state index is 11.8. The number of hydrogen-bond acceptors (Lipinski definition) is 4. The topological polar surface area (TPSA) is 55.8 Å². The van der Waals surface area contributed by atoms with E-state index in [0.29, 0.717) is 31.2 Å². The van der Waals surface area contributed by atoms with Crippen molar-refractivity contribution in [2.24, 2.45) is 5.92 Å². The quantitative estimate of drug-likeness (QED) is 0.802. The second kappa shape index (κ2) is 6.81. The van der Waals surface area contributed by atoms with Gasteiger partial charge in [-0.25, -0.2) is 9.59 Å². The molecule has 2 rings (SSSR count). The molecule has 5 heteroatoms. The zero-order chi connectivity index (χ0) is 16.2. The van der Waals surface area contributed by atoms with E-state index in [1.54, 1.807) is 29.2 Å². The van der Waals surface area contributed by atoms with Gasteiger partial charge in [-0.1, -0.05) is 18.2 Å². The predicted octanol–water partition coefficient (Wildman–Crippen LogP) is 3.10. The van der Waals surface area contributed by atoms with E-state index in [1.165, 1.54) is 0 Å². The van der Waals surface area contributed by atoms with E-state index < -0.39 is 5.60 Å². The Labute approximate surface area is 131 Å². The molecule has 1 aliphatic heterocycles. The minimum atomic E-state index is -0.465. The van der Waals surface area contributed by atoms with E-state index in [1.807, 2.05) is 26.8 Å². The summed E-state index contributed by atoms with van der Waals surface area (Å²) in [7, 11) is 0. The lowest BCUT2D eigenvalue weighted by Crippen LogP contribution is -2.51. The van der Waals surface area contributed by atoms with Crippen molar-refractivity contribution in [3.8, 4) is 0 Å². The molecule has 1 aromatic rings. The predicted molar refractivity (Wildman–Crippen MR) is 82.6 cm³/mol. The van der Waals surface area contributed by atoms with Crippen molar-refractivity contribution in [2.45, 2.75) is 32.8 Å². The molecule has 120 valence electrons. The minimum absolute atomic E-state index is 0.273. The first-order valence-corrected chi connectivity index (χ1v) is 7.55. The van der Waals surface area contributed by atoms with Gasteiger partial charge in [0.05, 0.1) is 12.2 Å². The largest absolute Gasteiger partial charge is 0.462 e. The lowest BCUT2D eigenvalue weighted by atomic mass is 9.97. The second-order valence-electron chi connectivity index (χ2n) is 6.54. The van der Waals surface area contributed by atoms with E-state index in [2.05, 4.69) is 0 Å². The van der Waals surface area contributed by atoms with E-state index in [9.17, 15) is 9.59 Å². The summed E-state index contributed by atoms with van der Waals surface area (Å²) in [6.07, 6.45) is 0.489. The molecule has 1 heterocycles. The SMILES string of the molecule is CC(C)(C)OC(=O)N1CC(CCOC(=O)c2ccccc2)C1. The summed E-state index contributed by atoms with van der Waals surface area (Å²) in [6, 6.07) is 8.94. The van der Waals surface area contributed by atoms with Gasteiger partial charge in [-0.3, -0.25) is 0 Å². The molecule has 1 amide bonds. The number of carbonyl (C=O) groups is 2. The van der Waals surface area contributed by atoms with Crippen molar-refractivity contribution >= 4 is 12.1 Å². The fraction of sp³-hybridized carbons (Fsp3) is 0.529. The van der Waals surface area contributed by atoms with Crippen molar-refractivity contribution in [1.82, 2.24) is 4.90 Å². The molecule has 0 N–H and O–H groups in total. The summed E-state index contributed by atoms with van der Waals surface area (Å²) >= 11 is 0. The molecule has 0 aliphatic carbocycles. The van der Waals surface area contributed by atoms with Crippen LogP contribution in [0.2, 0.25) is 0 Å². The third-order valence-corrected chi connectivity index (χ3v) is 3.38. The Morgan fingerprint density at radius 2 is 1.82 bits per heavy atom. The third kappa shape index (κ3) is 4.76. The van der Waals surface area contributed by atoms with Crippen LogP contribution in [0.5, 0.6) is 0 Å². The van der Waals surface area contributed by atoms with Crippen LogP contribution in [0.4, 0.5) is 4.79 Å². The maximum Gasteiger partial charge on any atom is 0.410 e. The Kier molecular flexibility index (Phi) is 5.06. The highest BCUT2D eigenvalue weighted by molar-refractivity contribution is 5.89. The number of likely N-dealkylation sites (tertiary alicyclic amines) is 1. The van der Waals surface area contributed by atoms with E-state index in [-0.39, 0.29) is 12.1 Å². The highest BCUT2D eigenvalue weighted by Gasteiger charge is 2.33. The molecule has 0 atom stereocenters. The molecule has 0 bridgehead atoms. The van der Waals surface area contributed by atoms with Crippen LogP contribution in [-0.4, -0.2) is 42.3 Å². The first-order valence-electron chi connectivity index (χ1n) is 7.55. The summed E-state index contributed by atoms with van der Waals surface area (Å²) < 4.78 is 10.5. The van der Waals surface area contributed by atoms with Gasteiger partial charge in [-0.15, -0.1) is 0 Å². The van der Waals surface area contributed by atoms with Crippen molar-refractivity contribution < 1.29 is 19.1 Å². The fourth-order valence-corrected chi connectivity index (χ4v) is 2.20. The van der Waals surface area contributed by atoms with Crippen LogP contribution in [0.25, 0.3) is 0 Å². The molecule has 1 aromatic carbocycles. The molecule has 1 aliphatic rings. The number of carbonyl (C=O) groups excluding carboxylic acids is 2. The molecular weight excluding hydrogens is 282 g/mol. The zero-order valence-electron chi connectivity index (χ0n) is 13.4. The molecule has 1 saturated heterocycles. The van der Waals surface area contributed by atoms with Crippen LogP contribution in [-0.2, 0) is 9.47 Å². The van der Waals surface area contributed by atoms with Crippen LogP contribution in [0.15, 0.2) is 30.3 Å². The number of rotatable bonds is 4. The highest BCUT2D eigenvalue weighted by atomic mass is 16.6. The van der Waals surface area contributed by atoms with Crippen LogP contribution in [0.1, 0.15) is 37.6 Å². The first kappa shape index (κ1) is 16.3. The van der Waals surface area contributed by atoms with Crippen molar-refractivity contribution in [2.75, 3.05) is 19.7 Å². The van der Waals surface area contributed by atoms with Gasteiger partial charge in [0.2, 0.25) is 0 Å². The number of nitrogens with zero attached hydrogens (tertiary/aromatic N) is 1. The Hall–Kier alpha value is -2.04. The smallest absolute Gasteiger partial charge is 0.410 e. The minimum Gasteiger partial charge on any atom is -0.462 e. The van der Waals surface area contributed by atoms with Gasteiger partial charge in [0, 0.05) is 13.1 Å². The average molecular weight is 305 g/mol. The van der Waals surface area contributed by atoms with Gasteiger partial charge < -0.3 is 14.4 Å². The summed E-state index contributed by atoms with van der Waals surface area (Å²) in [5.74, 6) is 0.0695. The standard InChI is InChI=1S/C17H23NO4/c1-17(2,3)22-16(20)18-11-13(12-18)9-10-21-15(19)14-7-5-4-6-8-14/h4-8,13H,9-12H2,1-3H3. The van der Waals surface area contributed by atoms with E-state index in [4.69, 9.17) is 9.47 Å². The lowest BCUT2D eigenvalue weighted by molar-refractivity contribution is -0.00640. The molecule has 0 radical (unpaired) electrons. The van der Waals surface area contributed by atoms with Crippen LogP contribution in [0, 0.1) is 5.92 Å². The van der Waals surface area contributed by atoms with Crippen molar-refractivity contribution in [3.63, 3.8) is 0 Å². The Morgan fingerprint density at radius 3 is 2.41 bits per heavy atom. The Balaban J connectivity index is 1.63. The van der Waals surface area contributed by atoms with Gasteiger partial charge in [-0.2, -0.15) is 0 Å². The number of amides is 1. The fourth-order valence-electron chi connectivity index (χ4n) is 2.20. The summed E-state index contributed by atoms with van der Waals surface area (Å²) in [6.45, 7) is 7.26. The molecule has 5 nitrogen and oxygen atoms in total. The van der Waals surface area contributed by atoms with Crippen molar-refractivity contribution in [3.05, 3.63) is 35.9 Å². The van der Waals surface area contributed by atoms with Gasteiger partial charge >= 0.3 is 12.1 Å². The van der Waals surface area contributed by atoms with Gasteiger partial charge in [0.15, 0.2) is 0 Å². The van der Waals surface area contributed by atoms with Gasteiger partial charge in [0.25, 0.3) is 0 Å². The van der Waals surface area contributed by atoms with Crippen LogP contribution in [0.3, 0.4) is 0 Å². The number of benzene rings is 1. The van der Waals surface area contributed by atoms with Gasteiger partial charge in [0.1, 0.15) is 5.60 Å². The van der Waals surface area contributed by atoms with Gasteiger partial charge in [-0.05, 0) is 45.2 Å². The number of ether oxygens (including phenoxy) is 2. The third-order valence-electron chi connectivity index (χ3n) is 3.38. The zero-order valence-corrected chi connectivity index (χ0v) is 13.4. The Bertz CT molecular complexity index is 515. The molecule has 0 aromatic heterocycles. The van der Waals surface area contributed by atoms with E-state index >= 15 is 0 Å². The summed E-state index contributed by atoms with van der Waals surface area (Å²) in [5.41, 5.74) is 0.0967. The molecule has 0 unspecified atom stereocenters. The van der Waals surface area contributed by atoms with Crippen LogP contribution >= 0.6 is 0 Å². The second-order valence-corrected chi connectivity index (χ2v) is 6.54. The highest BCUT2D eigenvalue weighted by Crippen LogP contribution is 2.22. The van der Waals surface area contributed by atoms with E-state index in [0.717, 1.165) is 6.42 Å². The first-order chi connectivity index (χ1) is 10.3. The van der Waals surface area contributed by atoms with Crippen molar-refractivity contribution in [1.29, 1.82) is 0 Å². The number of esters is 1. The molecule has 1 fully saturated rings. The number of hydrogen-bond donors (Lipinski definition) is 0.